The van der Waals surface area contributed by atoms with Crippen LogP contribution < -0.4 is 16.2 Å². The lowest BCUT2D eigenvalue weighted by Gasteiger charge is -2.00. The second kappa shape index (κ2) is 4.61. The van der Waals surface area contributed by atoms with Crippen LogP contribution in [0, 0.1) is 11.5 Å². The van der Waals surface area contributed by atoms with Crippen molar-refractivity contribution < 1.29 is 8.42 Å². The van der Waals surface area contributed by atoms with E-state index < -0.39 is 10.0 Å². The van der Waals surface area contributed by atoms with Crippen LogP contribution in [0.15, 0.2) is 34.2 Å². The largest absolute Gasteiger partial charge is 0.369 e. The number of nitrogens with zero attached hydrogens (tertiary/aromatic N) is 2. The maximum absolute atomic E-state index is 11.0. The highest BCUT2D eigenvalue weighted by molar-refractivity contribution is 7.89. The number of nitriles is 1. The van der Waals surface area contributed by atoms with Crippen molar-refractivity contribution in [2.75, 3.05) is 0 Å². The summed E-state index contributed by atoms with van der Waals surface area (Å²) in [6.45, 7) is 0. The standard InChI is InChI=1S/C8H9N5O2S/c9-5-12-8(10)13-6-2-1-3-7(4-6)16(11,14)15/h1-4H,(H3,10,12,13)(H2,11,14,15). The lowest BCUT2D eigenvalue weighted by Crippen LogP contribution is -2.26. The van der Waals surface area contributed by atoms with Crippen LogP contribution in [0.4, 0.5) is 5.69 Å². The molecule has 0 bridgehead atoms. The fraction of sp³-hybridized carbons (Fsp3) is 0. The fourth-order valence-corrected chi connectivity index (χ4v) is 1.51. The van der Waals surface area contributed by atoms with Gasteiger partial charge in [0.1, 0.15) is 0 Å². The molecule has 5 N–H and O–H groups in total. The average molecular weight is 239 g/mol. The van der Waals surface area contributed by atoms with Crippen molar-refractivity contribution in [3.8, 4) is 6.19 Å². The Bertz CT molecular complexity index is 558. The maximum atomic E-state index is 11.0. The minimum Gasteiger partial charge on any atom is -0.369 e. The van der Waals surface area contributed by atoms with Crippen LogP contribution in [-0.2, 0) is 10.0 Å². The number of nitrogens with one attached hydrogen (secondary N) is 1. The summed E-state index contributed by atoms with van der Waals surface area (Å²) >= 11 is 0. The summed E-state index contributed by atoms with van der Waals surface area (Å²) in [4.78, 5) is 3.69. The first kappa shape index (κ1) is 12.0. The van der Waals surface area contributed by atoms with Crippen LogP contribution in [0.2, 0.25) is 0 Å². The third-order valence-electron chi connectivity index (χ3n) is 1.58. The third-order valence-corrected chi connectivity index (χ3v) is 2.49. The molecule has 0 aliphatic carbocycles. The molecule has 0 aliphatic heterocycles. The molecule has 0 saturated heterocycles. The molecule has 0 aliphatic rings. The van der Waals surface area contributed by atoms with Crippen molar-refractivity contribution in [1.82, 2.24) is 5.32 Å². The lowest BCUT2D eigenvalue weighted by molar-refractivity contribution is 0.598. The topological polar surface area (TPSA) is 134 Å². The van der Waals surface area contributed by atoms with Crippen molar-refractivity contribution in [3.05, 3.63) is 24.3 Å². The molecule has 0 unspecified atom stereocenters. The van der Waals surface area contributed by atoms with Crippen molar-refractivity contribution in [3.63, 3.8) is 0 Å². The summed E-state index contributed by atoms with van der Waals surface area (Å²) in [7, 11) is -3.77. The van der Waals surface area contributed by atoms with Crippen molar-refractivity contribution in [2.45, 2.75) is 4.90 Å². The summed E-state index contributed by atoms with van der Waals surface area (Å²) in [5, 5.41) is 15.3. The molecule has 1 aromatic rings. The van der Waals surface area contributed by atoms with E-state index in [1.807, 2.05) is 0 Å². The van der Waals surface area contributed by atoms with E-state index in [1.165, 1.54) is 24.3 Å². The number of aliphatic imine (C=N–C) groups is 1. The highest BCUT2D eigenvalue weighted by Crippen LogP contribution is 2.16. The van der Waals surface area contributed by atoms with Gasteiger partial charge in [0, 0.05) is 0 Å². The summed E-state index contributed by atoms with van der Waals surface area (Å²) in [5.41, 5.74) is 5.60. The first-order chi connectivity index (χ1) is 7.43. The van der Waals surface area contributed by atoms with Gasteiger partial charge in [-0.2, -0.15) is 5.26 Å². The Morgan fingerprint density at radius 2 is 2.19 bits per heavy atom. The summed E-state index contributed by atoms with van der Waals surface area (Å²) < 4.78 is 22.1. The SMILES string of the molecule is N#CNC(N)=Nc1cccc(S(N)(=O)=O)c1. The van der Waals surface area contributed by atoms with E-state index in [2.05, 4.69) is 10.3 Å². The third kappa shape index (κ3) is 3.23. The lowest BCUT2D eigenvalue weighted by atomic mass is 10.3. The van der Waals surface area contributed by atoms with E-state index in [0.717, 1.165) is 0 Å². The van der Waals surface area contributed by atoms with Gasteiger partial charge in [0.15, 0.2) is 6.19 Å². The molecule has 7 nitrogen and oxygen atoms in total. The monoisotopic (exact) mass is 239 g/mol. The highest BCUT2D eigenvalue weighted by atomic mass is 32.2. The van der Waals surface area contributed by atoms with E-state index in [9.17, 15) is 8.42 Å². The molecule has 0 heterocycles. The minimum absolute atomic E-state index is 0.0708. The second-order valence-corrected chi connectivity index (χ2v) is 4.34. The molecular weight excluding hydrogens is 230 g/mol. The van der Waals surface area contributed by atoms with Crippen molar-refractivity contribution in [2.24, 2.45) is 15.9 Å². The predicted octanol–water partition coefficient (Wildman–Crippen LogP) is -0.649. The van der Waals surface area contributed by atoms with Crippen LogP contribution in [0.3, 0.4) is 0 Å². The Hall–Kier alpha value is -2.11. The average Bonchev–Trinajstić information content (AvgIpc) is 2.17. The van der Waals surface area contributed by atoms with Gasteiger partial charge in [0.2, 0.25) is 16.0 Å². The number of guanidine groups is 1. The van der Waals surface area contributed by atoms with Crippen LogP contribution in [0.25, 0.3) is 0 Å². The van der Waals surface area contributed by atoms with Crippen LogP contribution >= 0.6 is 0 Å². The van der Waals surface area contributed by atoms with E-state index in [4.69, 9.17) is 16.1 Å². The Morgan fingerprint density at radius 3 is 2.75 bits per heavy atom. The molecular formula is C8H9N5O2S. The number of nitrogens with two attached hydrogens (primary N) is 2. The van der Waals surface area contributed by atoms with Crippen LogP contribution in [0.1, 0.15) is 0 Å². The molecule has 0 radical (unpaired) electrons. The molecule has 0 fully saturated rings. The molecule has 1 rings (SSSR count). The number of primary sulfonamides is 1. The molecule has 1 aromatic carbocycles. The Kier molecular flexibility index (Phi) is 3.44. The van der Waals surface area contributed by atoms with Crippen molar-refractivity contribution >= 4 is 21.7 Å². The fourth-order valence-electron chi connectivity index (χ4n) is 0.954. The Labute approximate surface area is 92.4 Å². The van der Waals surface area contributed by atoms with E-state index in [-0.39, 0.29) is 16.5 Å². The van der Waals surface area contributed by atoms with Gasteiger partial charge in [0.25, 0.3) is 0 Å². The maximum Gasteiger partial charge on any atom is 0.238 e. The zero-order valence-electron chi connectivity index (χ0n) is 8.08. The molecule has 0 saturated carbocycles. The van der Waals surface area contributed by atoms with E-state index in [0.29, 0.717) is 0 Å². The molecule has 84 valence electrons. The molecule has 0 amide bonds. The molecule has 16 heavy (non-hydrogen) atoms. The molecule has 0 aromatic heterocycles. The van der Waals surface area contributed by atoms with Gasteiger partial charge in [-0.15, -0.1) is 0 Å². The smallest absolute Gasteiger partial charge is 0.238 e. The predicted molar refractivity (Wildman–Crippen MR) is 57.8 cm³/mol. The molecule has 0 spiro atoms. The minimum atomic E-state index is -3.77. The number of hydrogen-bond acceptors (Lipinski definition) is 4. The Morgan fingerprint density at radius 1 is 1.50 bits per heavy atom. The number of hydrogen-bond donors (Lipinski definition) is 3. The number of benzene rings is 1. The second-order valence-electron chi connectivity index (χ2n) is 2.78. The molecule has 0 atom stereocenters. The summed E-state index contributed by atoms with van der Waals surface area (Å²) in [6.07, 6.45) is 1.58. The number of sulfonamides is 1. The van der Waals surface area contributed by atoms with E-state index in [1.54, 1.807) is 6.19 Å². The van der Waals surface area contributed by atoms with Crippen LogP contribution in [-0.4, -0.2) is 14.4 Å². The van der Waals surface area contributed by atoms with Gasteiger partial charge in [-0.3, -0.25) is 5.32 Å². The van der Waals surface area contributed by atoms with Gasteiger partial charge < -0.3 is 5.73 Å². The van der Waals surface area contributed by atoms with Crippen LogP contribution in [0.5, 0.6) is 0 Å². The van der Waals surface area contributed by atoms with Gasteiger partial charge in [-0.05, 0) is 18.2 Å². The molecule has 8 heteroatoms. The number of rotatable bonds is 2. The van der Waals surface area contributed by atoms with Gasteiger partial charge in [-0.25, -0.2) is 18.5 Å². The quantitative estimate of drug-likeness (QED) is 0.273. The van der Waals surface area contributed by atoms with Gasteiger partial charge >= 0.3 is 0 Å². The van der Waals surface area contributed by atoms with E-state index >= 15 is 0 Å². The zero-order chi connectivity index (χ0) is 12.2. The zero-order valence-corrected chi connectivity index (χ0v) is 8.90. The first-order valence-electron chi connectivity index (χ1n) is 4.05. The summed E-state index contributed by atoms with van der Waals surface area (Å²) in [5.74, 6) is -0.130. The summed E-state index contributed by atoms with van der Waals surface area (Å²) in [6, 6.07) is 5.59. The Balaban J connectivity index is 3.11. The normalized spacial score (nSPS) is 11.9. The highest BCUT2D eigenvalue weighted by Gasteiger charge is 2.07. The van der Waals surface area contributed by atoms with Gasteiger partial charge in [0.05, 0.1) is 10.6 Å². The van der Waals surface area contributed by atoms with Gasteiger partial charge in [-0.1, -0.05) is 6.07 Å². The first-order valence-corrected chi connectivity index (χ1v) is 5.60. The van der Waals surface area contributed by atoms with Crippen molar-refractivity contribution in [1.29, 1.82) is 5.26 Å².